The SMILES string of the molecule is CCCC(N)C(CC)n1cnc2cc(C)c(C)cc21. The van der Waals surface area contributed by atoms with Gasteiger partial charge in [-0.2, -0.15) is 0 Å². The van der Waals surface area contributed by atoms with Crippen molar-refractivity contribution in [1.82, 2.24) is 9.55 Å². The summed E-state index contributed by atoms with van der Waals surface area (Å²) in [6.45, 7) is 8.67. The van der Waals surface area contributed by atoms with Crippen LogP contribution in [-0.4, -0.2) is 15.6 Å². The van der Waals surface area contributed by atoms with Crippen LogP contribution in [0.25, 0.3) is 11.0 Å². The number of rotatable bonds is 5. The molecule has 1 aromatic heterocycles. The molecule has 2 rings (SSSR count). The van der Waals surface area contributed by atoms with Crippen molar-refractivity contribution < 1.29 is 0 Å². The molecule has 0 fully saturated rings. The highest BCUT2D eigenvalue weighted by Gasteiger charge is 2.19. The monoisotopic (exact) mass is 259 g/mol. The number of fused-ring (bicyclic) bond motifs is 1. The van der Waals surface area contributed by atoms with Crippen molar-refractivity contribution in [3.8, 4) is 0 Å². The first-order chi connectivity index (χ1) is 9.08. The molecular formula is C16H25N3. The van der Waals surface area contributed by atoms with E-state index in [1.54, 1.807) is 0 Å². The van der Waals surface area contributed by atoms with Crippen molar-refractivity contribution in [2.75, 3.05) is 0 Å². The minimum Gasteiger partial charge on any atom is -0.326 e. The van der Waals surface area contributed by atoms with Gasteiger partial charge in [0.1, 0.15) is 0 Å². The molecule has 3 heteroatoms. The van der Waals surface area contributed by atoms with E-state index < -0.39 is 0 Å². The normalized spacial score (nSPS) is 14.8. The van der Waals surface area contributed by atoms with Crippen LogP contribution < -0.4 is 5.73 Å². The Morgan fingerprint density at radius 2 is 1.89 bits per heavy atom. The second-order valence-electron chi connectivity index (χ2n) is 5.51. The lowest BCUT2D eigenvalue weighted by molar-refractivity contribution is 0.385. The molecule has 0 amide bonds. The molecule has 0 saturated carbocycles. The van der Waals surface area contributed by atoms with Crippen LogP contribution >= 0.6 is 0 Å². The topological polar surface area (TPSA) is 43.8 Å². The van der Waals surface area contributed by atoms with E-state index in [-0.39, 0.29) is 6.04 Å². The number of nitrogens with two attached hydrogens (primary N) is 1. The van der Waals surface area contributed by atoms with Gasteiger partial charge in [-0.05, 0) is 49.9 Å². The van der Waals surface area contributed by atoms with Crippen LogP contribution in [0.2, 0.25) is 0 Å². The van der Waals surface area contributed by atoms with Crippen molar-refractivity contribution in [3.63, 3.8) is 0 Å². The van der Waals surface area contributed by atoms with Crippen molar-refractivity contribution in [3.05, 3.63) is 29.6 Å². The minimum absolute atomic E-state index is 0.203. The Hall–Kier alpha value is -1.35. The zero-order valence-corrected chi connectivity index (χ0v) is 12.5. The Balaban J connectivity index is 2.46. The van der Waals surface area contributed by atoms with Crippen molar-refractivity contribution in [2.24, 2.45) is 5.73 Å². The zero-order valence-electron chi connectivity index (χ0n) is 12.5. The molecule has 2 aromatic rings. The van der Waals surface area contributed by atoms with E-state index in [9.17, 15) is 0 Å². The van der Waals surface area contributed by atoms with E-state index in [0.29, 0.717) is 6.04 Å². The zero-order chi connectivity index (χ0) is 14.0. The first-order valence-corrected chi connectivity index (χ1v) is 7.27. The van der Waals surface area contributed by atoms with Gasteiger partial charge in [-0.25, -0.2) is 4.98 Å². The molecule has 0 aliphatic rings. The summed E-state index contributed by atoms with van der Waals surface area (Å²) in [6.07, 6.45) is 5.18. The highest BCUT2D eigenvalue weighted by atomic mass is 15.1. The number of benzene rings is 1. The summed E-state index contributed by atoms with van der Waals surface area (Å²) in [6, 6.07) is 4.94. The molecule has 0 aliphatic heterocycles. The summed E-state index contributed by atoms with van der Waals surface area (Å²) in [7, 11) is 0. The Morgan fingerprint density at radius 3 is 2.53 bits per heavy atom. The van der Waals surface area contributed by atoms with Gasteiger partial charge >= 0.3 is 0 Å². The van der Waals surface area contributed by atoms with E-state index in [0.717, 1.165) is 24.8 Å². The molecule has 1 aromatic carbocycles. The van der Waals surface area contributed by atoms with E-state index in [2.05, 4.69) is 49.4 Å². The van der Waals surface area contributed by atoms with Crippen LogP contribution in [-0.2, 0) is 0 Å². The number of aryl methyl sites for hydroxylation is 2. The van der Waals surface area contributed by atoms with Crippen LogP contribution in [0.4, 0.5) is 0 Å². The maximum atomic E-state index is 6.34. The lowest BCUT2D eigenvalue weighted by Crippen LogP contribution is -2.31. The van der Waals surface area contributed by atoms with Crippen molar-refractivity contribution in [2.45, 2.75) is 59.0 Å². The Morgan fingerprint density at radius 1 is 1.21 bits per heavy atom. The van der Waals surface area contributed by atoms with Crippen molar-refractivity contribution >= 4 is 11.0 Å². The summed E-state index contributed by atoms with van der Waals surface area (Å²) >= 11 is 0. The van der Waals surface area contributed by atoms with Gasteiger partial charge in [-0.1, -0.05) is 20.3 Å². The Bertz CT molecular complexity index is 556. The largest absolute Gasteiger partial charge is 0.326 e. The van der Waals surface area contributed by atoms with Gasteiger partial charge in [0, 0.05) is 12.1 Å². The molecular weight excluding hydrogens is 234 g/mol. The lowest BCUT2D eigenvalue weighted by atomic mass is 10.0. The summed E-state index contributed by atoms with van der Waals surface area (Å²) < 4.78 is 2.27. The molecule has 0 spiro atoms. The molecule has 2 atom stereocenters. The van der Waals surface area contributed by atoms with Crippen LogP contribution in [0.5, 0.6) is 0 Å². The first-order valence-electron chi connectivity index (χ1n) is 7.27. The molecule has 2 unspecified atom stereocenters. The third-order valence-corrected chi connectivity index (χ3v) is 4.08. The van der Waals surface area contributed by atoms with Gasteiger partial charge in [0.15, 0.2) is 0 Å². The van der Waals surface area contributed by atoms with Gasteiger partial charge in [0.2, 0.25) is 0 Å². The molecule has 104 valence electrons. The van der Waals surface area contributed by atoms with Crippen LogP contribution in [0.15, 0.2) is 18.5 Å². The first kappa shape index (κ1) is 14.1. The number of imidazole rings is 1. The maximum absolute atomic E-state index is 6.34. The number of aromatic nitrogens is 2. The van der Waals surface area contributed by atoms with E-state index in [1.165, 1.54) is 16.6 Å². The average Bonchev–Trinajstić information content (AvgIpc) is 2.75. The predicted molar refractivity (Wildman–Crippen MR) is 81.4 cm³/mol. The van der Waals surface area contributed by atoms with Gasteiger partial charge < -0.3 is 10.3 Å². The smallest absolute Gasteiger partial charge is 0.0961 e. The minimum atomic E-state index is 0.203. The van der Waals surface area contributed by atoms with Gasteiger partial charge in [0.05, 0.1) is 17.4 Å². The van der Waals surface area contributed by atoms with Gasteiger partial charge in [0.25, 0.3) is 0 Å². The second kappa shape index (κ2) is 5.74. The highest BCUT2D eigenvalue weighted by Crippen LogP contribution is 2.25. The molecule has 0 saturated heterocycles. The fraction of sp³-hybridized carbons (Fsp3) is 0.562. The van der Waals surface area contributed by atoms with E-state index >= 15 is 0 Å². The highest BCUT2D eigenvalue weighted by molar-refractivity contribution is 5.77. The fourth-order valence-electron chi connectivity index (χ4n) is 2.78. The van der Waals surface area contributed by atoms with E-state index in [4.69, 9.17) is 5.73 Å². The number of hydrogen-bond donors (Lipinski definition) is 1. The van der Waals surface area contributed by atoms with Crippen LogP contribution in [0.3, 0.4) is 0 Å². The van der Waals surface area contributed by atoms with Crippen LogP contribution in [0.1, 0.15) is 50.3 Å². The maximum Gasteiger partial charge on any atom is 0.0961 e. The summed E-state index contributed by atoms with van der Waals surface area (Å²) in [4.78, 5) is 4.54. The molecule has 0 radical (unpaired) electrons. The average molecular weight is 259 g/mol. The van der Waals surface area contributed by atoms with Gasteiger partial charge in [-0.15, -0.1) is 0 Å². The Labute approximate surface area is 115 Å². The van der Waals surface area contributed by atoms with E-state index in [1.807, 2.05) is 6.33 Å². The molecule has 1 heterocycles. The fourth-order valence-corrected chi connectivity index (χ4v) is 2.78. The third-order valence-electron chi connectivity index (χ3n) is 4.08. The van der Waals surface area contributed by atoms with Crippen molar-refractivity contribution in [1.29, 1.82) is 0 Å². The Kier molecular flexibility index (Phi) is 4.25. The molecule has 3 nitrogen and oxygen atoms in total. The second-order valence-corrected chi connectivity index (χ2v) is 5.51. The third kappa shape index (κ3) is 2.66. The number of nitrogens with zero attached hydrogens (tertiary/aromatic N) is 2. The van der Waals surface area contributed by atoms with Gasteiger partial charge in [-0.3, -0.25) is 0 Å². The predicted octanol–water partition coefficient (Wildman–Crippen LogP) is 3.73. The van der Waals surface area contributed by atoms with Crippen LogP contribution in [0, 0.1) is 13.8 Å². The summed E-state index contributed by atoms with van der Waals surface area (Å²) in [5.41, 5.74) is 11.2. The molecule has 0 aliphatic carbocycles. The molecule has 2 N–H and O–H groups in total. The summed E-state index contributed by atoms with van der Waals surface area (Å²) in [5, 5.41) is 0. The number of hydrogen-bond acceptors (Lipinski definition) is 2. The summed E-state index contributed by atoms with van der Waals surface area (Å²) in [5.74, 6) is 0. The molecule has 0 bridgehead atoms. The molecule has 19 heavy (non-hydrogen) atoms. The lowest BCUT2D eigenvalue weighted by Gasteiger charge is -2.24. The standard InChI is InChI=1S/C16H25N3/c1-5-7-13(17)15(6-2)19-10-18-14-8-11(3)12(4)9-16(14)19/h8-10,13,15H,5-7,17H2,1-4H3. The quantitative estimate of drug-likeness (QED) is 0.889.